The first-order valence-electron chi connectivity index (χ1n) is 19.6. The van der Waals surface area contributed by atoms with E-state index in [0.29, 0.717) is 31.1 Å². The number of carbonyl (C=O) groups excluding carboxylic acids is 4. The van der Waals surface area contributed by atoms with Crippen LogP contribution in [0, 0.1) is 23.2 Å². The molecule has 4 amide bonds. The molecule has 3 aliphatic carbocycles. The third-order valence-electron chi connectivity index (χ3n) is 12.1. The Bertz CT molecular complexity index is 2150. The summed E-state index contributed by atoms with van der Waals surface area (Å²) in [5.74, 6) is -3.23. The van der Waals surface area contributed by atoms with Gasteiger partial charge < -0.3 is 34.5 Å². The molecule has 3 N–H and O–H groups in total. The van der Waals surface area contributed by atoms with Crippen molar-refractivity contribution in [2.45, 2.75) is 114 Å². The van der Waals surface area contributed by atoms with Gasteiger partial charge in [0.05, 0.1) is 18.4 Å². The van der Waals surface area contributed by atoms with Crippen LogP contribution in [0.4, 0.5) is 13.6 Å². The Labute approximate surface area is 333 Å². The van der Waals surface area contributed by atoms with Crippen LogP contribution in [-0.2, 0) is 29.1 Å². The zero-order valence-electron chi connectivity index (χ0n) is 31.9. The second kappa shape index (κ2) is 14.3. The highest BCUT2D eigenvalue weighted by atomic mass is 32.2. The molecule has 314 valence electrons. The van der Waals surface area contributed by atoms with Crippen molar-refractivity contribution in [3.63, 3.8) is 0 Å². The second-order valence-electron chi connectivity index (χ2n) is 17.0. The number of sulfonamides is 1. The predicted molar refractivity (Wildman–Crippen MR) is 205 cm³/mol. The molecule has 8 rings (SSSR count). The lowest BCUT2D eigenvalue weighted by atomic mass is 9.88. The van der Waals surface area contributed by atoms with Gasteiger partial charge in [-0.25, -0.2) is 18.2 Å². The Hall–Kier alpha value is -4.74. The highest BCUT2D eigenvalue weighted by Gasteiger charge is 2.62. The molecule has 0 bridgehead atoms. The molecular formula is C39H53F2N5O10S. The van der Waals surface area contributed by atoms with E-state index in [1.165, 1.54) is 29.3 Å². The Morgan fingerprint density at radius 1 is 1.09 bits per heavy atom. The normalized spacial score (nSPS) is 32.1. The monoisotopic (exact) mass is 821 g/mol. The molecule has 4 fully saturated rings. The maximum absolute atomic E-state index is 14.8. The molecule has 0 radical (unpaired) electrons. The van der Waals surface area contributed by atoms with Crippen molar-refractivity contribution in [1.29, 1.82) is 0 Å². The van der Waals surface area contributed by atoms with Gasteiger partial charge in [-0.1, -0.05) is 32.9 Å². The number of fused-ring (bicyclic) bond motifs is 5. The van der Waals surface area contributed by atoms with Gasteiger partial charge in [0.1, 0.15) is 23.7 Å². The summed E-state index contributed by atoms with van der Waals surface area (Å²) in [7, 11) is -3.95. The summed E-state index contributed by atoms with van der Waals surface area (Å²) in [6.07, 6.45) is 4.32. The number of rotatable bonds is 8. The summed E-state index contributed by atoms with van der Waals surface area (Å²) in [5.41, 5.74) is -1.68. The van der Waals surface area contributed by atoms with Gasteiger partial charge in [0.25, 0.3) is 5.91 Å². The van der Waals surface area contributed by atoms with E-state index in [2.05, 4.69) is 25.1 Å². The molecule has 3 aliphatic heterocycles. The fourth-order valence-electron chi connectivity index (χ4n) is 8.15. The number of allylic oxidation sites excluding steroid dienone is 1. The number of halogens is 2. The number of pyridine rings is 1. The predicted octanol–water partition coefficient (Wildman–Crippen LogP) is 5.03. The third kappa shape index (κ3) is 8.06. The van der Waals surface area contributed by atoms with Gasteiger partial charge >= 0.3 is 12.4 Å². The van der Waals surface area contributed by atoms with Crippen molar-refractivity contribution in [3.8, 4) is 17.4 Å². The SMILES string of the molecule is C[C@@H]1CC/C=C\[C@@H]2C[C@@]2(C(=O)NS(=O)(=O)C2CC2)NC(=O)[C@@H]2C[C@@H](Oc3nccc4c5c(ccc34)OC(F)(F)O5)CN2C(=O)[C@@H](NC(=O)OCC2(C)CC2)[C@H](C)C1.[HH].[HH].[HH]. The van der Waals surface area contributed by atoms with Crippen LogP contribution in [0.5, 0.6) is 17.4 Å². The Kier molecular flexibility index (Phi) is 9.79. The van der Waals surface area contributed by atoms with Gasteiger partial charge in [0.2, 0.25) is 27.7 Å². The van der Waals surface area contributed by atoms with Crippen LogP contribution in [0.1, 0.15) is 82.8 Å². The number of carbonyl (C=O) groups is 4. The van der Waals surface area contributed by atoms with Crippen molar-refractivity contribution in [2.75, 3.05) is 13.2 Å². The van der Waals surface area contributed by atoms with Crippen LogP contribution < -0.4 is 29.6 Å². The maximum Gasteiger partial charge on any atom is 0.586 e. The van der Waals surface area contributed by atoms with E-state index in [1.807, 2.05) is 32.9 Å². The molecule has 18 heteroatoms. The smallest absolute Gasteiger partial charge is 0.472 e. The van der Waals surface area contributed by atoms with Crippen LogP contribution in [0.25, 0.3) is 10.8 Å². The van der Waals surface area contributed by atoms with E-state index in [9.17, 15) is 36.4 Å². The highest BCUT2D eigenvalue weighted by Crippen LogP contribution is 2.48. The summed E-state index contributed by atoms with van der Waals surface area (Å²) in [6, 6.07) is 1.93. The number of alkyl carbamates (subject to hydrolysis) is 1. The summed E-state index contributed by atoms with van der Waals surface area (Å²) < 4.78 is 77.2. The molecule has 15 nitrogen and oxygen atoms in total. The molecule has 1 aromatic heterocycles. The molecule has 0 unspecified atom stereocenters. The molecule has 1 aromatic carbocycles. The summed E-state index contributed by atoms with van der Waals surface area (Å²) >= 11 is 0. The number of alkyl halides is 2. The van der Waals surface area contributed by atoms with E-state index in [4.69, 9.17) is 14.2 Å². The number of ether oxygens (including phenoxy) is 4. The van der Waals surface area contributed by atoms with E-state index < -0.39 is 80.9 Å². The van der Waals surface area contributed by atoms with Gasteiger partial charge in [0.15, 0.2) is 11.5 Å². The van der Waals surface area contributed by atoms with Crippen LogP contribution in [0.2, 0.25) is 0 Å². The first-order chi connectivity index (χ1) is 27.0. The van der Waals surface area contributed by atoms with Crippen molar-refractivity contribution < 1.29 is 59.6 Å². The molecule has 3 saturated carbocycles. The quantitative estimate of drug-likeness (QED) is 0.303. The van der Waals surface area contributed by atoms with Crippen LogP contribution in [-0.4, -0.2) is 90.5 Å². The van der Waals surface area contributed by atoms with Crippen LogP contribution in [0.3, 0.4) is 0 Å². The lowest BCUT2D eigenvalue weighted by Gasteiger charge is -2.32. The first-order valence-corrected chi connectivity index (χ1v) is 21.1. The Morgan fingerprint density at radius 2 is 1.86 bits per heavy atom. The minimum Gasteiger partial charge on any atom is -0.472 e. The van der Waals surface area contributed by atoms with Crippen molar-refractivity contribution >= 4 is 44.6 Å². The van der Waals surface area contributed by atoms with Crippen molar-refractivity contribution in [3.05, 3.63) is 36.5 Å². The molecule has 6 aliphatic rings. The number of hydrogen-bond acceptors (Lipinski definition) is 11. The Balaban J connectivity index is 0.00000228. The standard InChI is InChI=1S/C39H47F2N5O10S.3H2/c1-21-6-4-5-7-23-18-38(23,35(49)45-57(51,52)25-8-9-25)44-32(47)28-17-24(54-33-27-10-11-29-31(26(27)12-15-42-33)56-39(40,41)55-29)19-46(28)34(48)30(22(2)16-21)43-36(50)53-20-37(3)13-14-37;;;/h5,7,10-12,15,21-25,28,30H,4,6,8-9,13-14,16-20H2,1-3H3,(H,43,50)(H,44,47)(H,45,49);3*1H/b7-5-;;;/t21-,22-,23-,24-,28+,30+,38-;;;/m1.../s1. The van der Waals surface area contributed by atoms with Crippen LogP contribution >= 0.6 is 0 Å². The summed E-state index contributed by atoms with van der Waals surface area (Å²) in [5, 5.41) is 5.51. The zero-order valence-corrected chi connectivity index (χ0v) is 32.7. The van der Waals surface area contributed by atoms with E-state index in [0.717, 1.165) is 19.3 Å². The zero-order chi connectivity index (χ0) is 40.5. The fraction of sp³-hybridized carbons (Fsp3) is 0.615. The van der Waals surface area contributed by atoms with E-state index >= 15 is 0 Å². The molecule has 7 atom stereocenters. The number of hydrogen-bond donors (Lipinski definition) is 3. The minimum atomic E-state index is -3.95. The van der Waals surface area contributed by atoms with Gasteiger partial charge in [-0.3, -0.25) is 19.1 Å². The average Bonchev–Trinajstić information content (AvgIpc) is 4.10. The lowest BCUT2D eigenvalue weighted by Crippen LogP contribution is -2.59. The number of amides is 4. The number of benzene rings is 1. The Morgan fingerprint density at radius 3 is 2.60 bits per heavy atom. The van der Waals surface area contributed by atoms with Gasteiger partial charge in [-0.05, 0) is 81.4 Å². The molecule has 57 heavy (non-hydrogen) atoms. The van der Waals surface area contributed by atoms with Crippen molar-refractivity contribution in [1.82, 2.24) is 25.2 Å². The largest absolute Gasteiger partial charge is 0.586 e. The number of nitrogens with zero attached hydrogens (tertiary/aromatic N) is 2. The van der Waals surface area contributed by atoms with Gasteiger partial charge in [-0.15, -0.1) is 8.78 Å². The maximum atomic E-state index is 14.8. The highest BCUT2D eigenvalue weighted by molar-refractivity contribution is 7.91. The summed E-state index contributed by atoms with van der Waals surface area (Å²) in [6.45, 7) is 5.96. The minimum absolute atomic E-state index is 0. The molecule has 1 saturated heterocycles. The van der Waals surface area contributed by atoms with E-state index in [-0.39, 0.29) is 64.4 Å². The molecule has 0 spiro atoms. The average molecular weight is 822 g/mol. The second-order valence-corrected chi connectivity index (χ2v) is 19.0. The lowest BCUT2D eigenvalue weighted by molar-refractivity contribution is -0.286. The number of aromatic nitrogens is 1. The topological polar surface area (TPSA) is 192 Å². The molecule has 4 heterocycles. The van der Waals surface area contributed by atoms with Gasteiger partial charge in [0, 0.05) is 39.0 Å². The fourth-order valence-corrected chi connectivity index (χ4v) is 9.51. The van der Waals surface area contributed by atoms with Crippen molar-refractivity contribution in [2.24, 2.45) is 23.2 Å². The number of nitrogens with one attached hydrogen (secondary N) is 3. The first kappa shape index (κ1) is 39.1. The van der Waals surface area contributed by atoms with E-state index in [1.54, 1.807) is 0 Å². The molecule has 2 aromatic rings. The van der Waals surface area contributed by atoms with Gasteiger partial charge in [-0.2, -0.15) is 0 Å². The summed E-state index contributed by atoms with van der Waals surface area (Å²) in [4.78, 5) is 61.9. The van der Waals surface area contributed by atoms with Crippen LogP contribution in [0.15, 0.2) is 36.5 Å². The third-order valence-corrected chi connectivity index (χ3v) is 13.9. The molecular weight excluding hydrogens is 769 g/mol.